The van der Waals surface area contributed by atoms with Gasteiger partial charge in [0.15, 0.2) is 0 Å². The molecule has 11 heteroatoms. The molecule has 3 N–H and O–H groups in total. The molecule has 11 nitrogen and oxygen atoms in total. The molecule has 49 heavy (non-hydrogen) atoms. The zero-order valence-electron chi connectivity index (χ0n) is 28.6. The number of piperidine rings is 2. The van der Waals surface area contributed by atoms with E-state index in [1.54, 1.807) is 25.8 Å². The van der Waals surface area contributed by atoms with Crippen molar-refractivity contribution in [2.75, 3.05) is 51.8 Å². The molecule has 6 heterocycles. The first-order valence-electron chi connectivity index (χ1n) is 17.5. The molecule has 3 aromatic rings. The van der Waals surface area contributed by atoms with Gasteiger partial charge in [-0.3, -0.25) is 19.4 Å². The number of aliphatic hydroxyl groups is 1. The van der Waals surface area contributed by atoms with Gasteiger partial charge in [-0.25, -0.2) is 0 Å². The fourth-order valence-electron chi connectivity index (χ4n) is 8.65. The first kappa shape index (κ1) is 31.9. The second kappa shape index (κ2) is 12.5. The van der Waals surface area contributed by atoms with Crippen LogP contribution in [0, 0.1) is 5.41 Å². The van der Waals surface area contributed by atoms with Gasteiger partial charge < -0.3 is 34.7 Å². The summed E-state index contributed by atoms with van der Waals surface area (Å²) >= 11 is 0. The van der Waals surface area contributed by atoms with Gasteiger partial charge in [0.25, 0.3) is 5.56 Å². The van der Waals surface area contributed by atoms with Crippen LogP contribution in [-0.2, 0) is 31.5 Å². The number of rotatable bonds is 7. The van der Waals surface area contributed by atoms with Crippen molar-refractivity contribution < 1.29 is 19.4 Å². The van der Waals surface area contributed by atoms with Crippen molar-refractivity contribution in [3.05, 3.63) is 80.9 Å². The van der Waals surface area contributed by atoms with Crippen LogP contribution in [0.4, 0.5) is 5.69 Å². The van der Waals surface area contributed by atoms with Gasteiger partial charge in [0.05, 0.1) is 25.8 Å². The lowest BCUT2D eigenvalue weighted by atomic mass is 9.71. The van der Waals surface area contributed by atoms with E-state index in [0.717, 1.165) is 121 Å². The van der Waals surface area contributed by atoms with Crippen LogP contribution >= 0.6 is 0 Å². The molecule has 5 aliphatic heterocycles. The number of aromatic nitrogens is 1. The van der Waals surface area contributed by atoms with Gasteiger partial charge in [0.2, 0.25) is 5.91 Å². The third kappa shape index (κ3) is 5.57. The smallest absolute Gasteiger partial charge is 0.255 e. The number of pyridine rings is 1. The Morgan fingerprint density at radius 3 is 2.51 bits per heavy atom. The highest BCUT2D eigenvalue weighted by Gasteiger charge is 2.46. The Labute approximate surface area is 287 Å². The van der Waals surface area contributed by atoms with E-state index in [4.69, 9.17) is 9.47 Å². The third-order valence-corrected chi connectivity index (χ3v) is 11.5. The number of benzene rings is 2. The van der Waals surface area contributed by atoms with Crippen LogP contribution in [0.5, 0.6) is 11.5 Å². The molecule has 258 valence electrons. The Hall–Kier alpha value is -4.32. The van der Waals surface area contributed by atoms with Gasteiger partial charge in [-0.2, -0.15) is 0 Å². The number of hydrogen-bond donors (Lipinski definition) is 3. The van der Waals surface area contributed by atoms with Crippen LogP contribution in [0.15, 0.2) is 47.5 Å². The number of aryl methyl sites for hydroxylation is 1. The number of anilines is 1. The molecule has 1 spiro atoms. The van der Waals surface area contributed by atoms with Crippen molar-refractivity contribution in [1.82, 2.24) is 25.0 Å². The molecule has 2 atom stereocenters. The van der Waals surface area contributed by atoms with Gasteiger partial charge in [0.1, 0.15) is 17.7 Å². The van der Waals surface area contributed by atoms with E-state index < -0.39 is 6.23 Å². The van der Waals surface area contributed by atoms with Gasteiger partial charge >= 0.3 is 0 Å². The Morgan fingerprint density at radius 2 is 1.80 bits per heavy atom. The van der Waals surface area contributed by atoms with Crippen LogP contribution in [0.1, 0.15) is 59.7 Å². The highest BCUT2D eigenvalue weighted by Crippen LogP contribution is 2.46. The molecular formula is C38H46N6O5. The van der Waals surface area contributed by atoms with Crippen molar-refractivity contribution in [2.45, 2.75) is 57.6 Å². The van der Waals surface area contributed by atoms with Gasteiger partial charge in [-0.15, -0.1) is 0 Å². The van der Waals surface area contributed by atoms with Crippen molar-refractivity contribution in [2.24, 2.45) is 12.5 Å². The topological polar surface area (TPSA) is 112 Å². The summed E-state index contributed by atoms with van der Waals surface area (Å²) in [6, 6.07) is 10.3. The number of aliphatic hydroxyl groups excluding tert-OH is 1. The first-order chi connectivity index (χ1) is 23.8. The quantitative estimate of drug-likeness (QED) is 0.350. The molecule has 0 bridgehead atoms. The first-order valence-corrected chi connectivity index (χ1v) is 17.5. The summed E-state index contributed by atoms with van der Waals surface area (Å²) in [5.74, 6) is 1.59. The summed E-state index contributed by atoms with van der Waals surface area (Å²) in [6.45, 7) is 6.59. The summed E-state index contributed by atoms with van der Waals surface area (Å²) < 4.78 is 13.6. The van der Waals surface area contributed by atoms with Crippen LogP contribution in [0.2, 0.25) is 0 Å². The largest absolute Gasteiger partial charge is 0.496 e. The summed E-state index contributed by atoms with van der Waals surface area (Å²) in [7, 11) is 5.21. The number of ether oxygens (including phenoxy) is 2. The number of hydrogen-bond acceptors (Lipinski definition) is 9. The van der Waals surface area contributed by atoms with Crippen molar-refractivity contribution in [3.63, 3.8) is 0 Å². The zero-order valence-corrected chi connectivity index (χ0v) is 28.6. The van der Waals surface area contributed by atoms with Crippen molar-refractivity contribution >= 4 is 17.7 Å². The maximum atomic E-state index is 12.8. The van der Waals surface area contributed by atoms with Crippen LogP contribution in [0.25, 0.3) is 17.2 Å². The predicted octanol–water partition coefficient (Wildman–Crippen LogP) is 3.33. The van der Waals surface area contributed by atoms with Crippen LogP contribution in [0.3, 0.4) is 0 Å². The number of carbonyl (C=O) groups is 1. The maximum absolute atomic E-state index is 12.8. The number of nitrogens with one attached hydrogen (secondary N) is 2. The minimum absolute atomic E-state index is 0.00702. The molecule has 1 aromatic heterocycles. The molecule has 0 radical (unpaired) electrons. The number of nitrogens with zero attached hydrogens (tertiary/aromatic N) is 4. The normalized spacial score (nSPS) is 23.0. The van der Waals surface area contributed by atoms with E-state index in [1.807, 2.05) is 23.4 Å². The maximum Gasteiger partial charge on any atom is 0.255 e. The highest BCUT2D eigenvalue weighted by atomic mass is 16.5. The number of amides is 1. The molecule has 3 fully saturated rings. The molecule has 0 saturated carbocycles. The third-order valence-electron chi connectivity index (χ3n) is 11.5. The highest BCUT2D eigenvalue weighted by molar-refractivity contribution is 5.82. The monoisotopic (exact) mass is 666 g/mol. The van der Waals surface area contributed by atoms with E-state index >= 15 is 0 Å². The molecule has 2 unspecified atom stereocenters. The second-order valence-electron chi connectivity index (χ2n) is 14.4. The summed E-state index contributed by atoms with van der Waals surface area (Å²) in [6.07, 6.45) is 8.98. The lowest BCUT2D eigenvalue weighted by molar-refractivity contribution is -0.133. The molecule has 8 rings (SSSR count). The van der Waals surface area contributed by atoms with Gasteiger partial charge in [0, 0.05) is 80.3 Å². The average Bonchev–Trinajstić information content (AvgIpc) is 3.44. The Bertz CT molecular complexity index is 1850. The predicted molar refractivity (Wildman–Crippen MR) is 188 cm³/mol. The molecule has 0 aliphatic carbocycles. The number of methoxy groups -OCH3 is 2. The Morgan fingerprint density at radius 1 is 1.04 bits per heavy atom. The summed E-state index contributed by atoms with van der Waals surface area (Å²) in [5, 5.41) is 17.3. The number of fused-ring (bicyclic) bond motifs is 2. The van der Waals surface area contributed by atoms with Gasteiger partial charge in [-0.1, -0.05) is 6.07 Å². The fourth-order valence-corrected chi connectivity index (χ4v) is 8.65. The van der Waals surface area contributed by atoms with Gasteiger partial charge in [-0.05, 0) is 92.0 Å². The van der Waals surface area contributed by atoms with E-state index in [0.29, 0.717) is 18.5 Å². The molecule has 5 aliphatic rings. The lowest BCUT2D eigenvalue weighted by Crippen LogP contribution is -2.60. The standard InChI is InChI=1S/C38H46N6O5/c1-41-20-30(27-8-12-39-18-29(27)36(41)46)25-15-33(48-2)31(34(16-25)49-3)21-42-13-9-38(10-14-42)22-43(23-38)26-7-6-24-19-44(37(47)28(24)17-26)32-5-4-11-40-35(32)45/h6-8,12,15-17,20,32,37,39,47H,4-5,9-11,13-14,18-19,21-23H2,1-3H3,(H,40,45). The Balaban J connectivity index is 0.929. The summed E-state index contributed by atoms with van der Waals surface area (Å²) in [4.78, 5) is 32.2. The van der Waals surface area contributed by atoms with E-state index in [2.05, 4.69) is 50.8 Å². The Kier molecular flexibility index (Phi) is 8.16. The summed E-state index contributed by atoms with van der Waals surface area (Å²) in [5.41, 5.74) is 8.15. The van der Waals surface area contributed by atoms with E-state index in [9.17, 15) is 14.7 Å². The lowest BCUT2D eigenvalue weighted by Gasteiger charge is -2.55. The second-order valence-corrected chi connectivity index (χ2v) is 14.4. The zero-order chi connectivity index (χ0) is 33.9. The van der Waals surface area contributed by atoms with E-state index in [1.165, 1.54) is 0 Å². The van der Waals surface area contributed by atoms with Crippen molar-refractivity contribution in [1.29, 1.82) is 0 Å². The number of likely N-dealkylation sites (tertiary alicyclic amines) is 1. The van der Waals surface area contributed by atoms with Crippen LogP contribution < -0.4 is 30.6 Å². The fraction of sp³-hybridized carbons (Fsp3) is 0.474. The van der Waals surface area contributed by atoms with Crippen molar-refractivity contribution in [3.8, 4) is 22.6 Å². The number of carbonyl (C=O) groups excluding carboxylic acids is 1. The SMILES string of the molecule is COc1cc(-c2cn(C)c(=O)c3c2C=CNC3)cc(OC)c1CN1CCC2(CC1)CN(c1ccc3c(c1)C(O)N(C1CCCNC1=O)C3)C2. The van der Waals surface area contributed by atoms with Crippen LogP contribution in [-0.4, -0.2) is 78.4 Å². The molecule has 1 amide bonds. The van der Waals surface area contributed by atoms with E-state index in [-0.39, 0.29) is 17.5 Å². The average molecular weight is 667 g/mol. The molecule has 2 aromatic carbocycles. The molecular weight excluding hydrogens is 620 g/mol. The molecule has 3 saturated heterocycles. The minimum Gasteiger partial charge on any atom is -0.496 e. The minimum atomic E-state index is -0.744.